The fourth-order valence-electron chi connectivity index (χ4n) is 2.92. The highest BCUT2D eigenvalue weighted by molar-refractivity contribution is 6.20. The Morgan fingerprint density at radius 3 is 1.40 bits per heavy atom. The molecule has 8 N–H and O–H groups in total. The Morgan fingerprint density at radius 1 is 0.767 bits per heavy atom. The van der Waals surface area contributed by atoms with Gasteiger partial charge in [0.1, 0.15) is 11.8 Å². The van der Waals surface area contributed by atoms with Crippen molar-refractivity contribution >= 4 is 29.3 Å². The first-order chi connectivity index (χ1) is 14.1. The molecule has 0 amide bonds. The van der Waals surface area contributed by atoms with Gasteiger partial charge >= 0.3 is 11.9 Å². The number of hydrogen-bond acceptors (Lipinski definition) is 9. The summed E-state index contributed by atoms with van der Waals surface area (Å²) in [6, 6.07) is -0.464. The molecule has 13 heteroatoms. The summed E-state index contributed by atoms with van der Waals surface area (Å²) in [5.41, 5.74) is 11.3. The molecule has 2 rings (SSSR count). The van der Waals surface area contributed by atoms with Crippen molar-refractivity contribution in [1.82, 2.24) is 20.4 Å². The van der Waals surface area contributed by atoms with Crippen LogP contribution in [-0.2, 0) is 24.0 Å². The standard InChI is InChI=1S/C17H20N6O7/c18-7(5-11(24)25)15(28)13(9-1-3-20-22-9)17(30)14(10-2-4-21-23-10)16(29)8(19)6-12(26)27/h1-4,7-8,13-14H,5-6,18-19H2,(H,20,22)(H,21,23)(H,24,25)(H,26,27)/t7-,8-,13?,14?/m0/s1. The Balaban J connectivity index is 2.47. The van der Waals surface area contributed by atoms with Crippen molar-refractivity contribution in [3.05, 3.63) is 35.9 Å². The van der Waals surface area contributed by atoms with Gasteiger partial charge in [-0.3, -0.25) is 34.2 Å². The first-order valence-electron chi connectivity index (χ1n) is 8.68. The first-order valence-corrected chi connectivity index (χ1v) is 8.68. The first kappa shape index (κ1) is 22.6. The number of nitrogens with two attached hydrogens (primary N) is 2. The quantitative estimate of drug-likeness (QED) is 0.212. The lowest BCUT2D eigenvalue weighted by Crippen LogP contribution is -2.45. The highest BCUT2D eigenvalue weighted by Gasteiger charge is 2.43. The van der Waals surface area contributed by atoms with Gasteiger partial charge in [-0.1, -0.05) is 0 Å². The molecule has 0 fully saturated rings. The Morgan fingerprint density at radius 2 is 1.13 bits per heavy atom. The molecule has 30 heavy (non-hydrogen) atoms. The summed E-state index contributed by atoms with van der Waals surface area (Å²) in [4.78, 5) is 60.9. The molecule has 0 saturated heterocycles. The van der Waals surface area contributed by atoms with Gasteiger partial charge in [0, 0.05) is 12.4 Å². The van der Waals surface area contributed by atoms with Crippen LogP contribution in [0.2, 0.25) is 0 Å². The number of ketones is 3. The lowest BCUT2D eigenvalue weighted by Gasteiger charge is -2.23. The smallest absolute Gasteiger partial charge is 0.305 e. The van der Waals surface area contributed by atoms with E-state index in [4.69, 9.17) is 21.7 Å². The number of nitrogens with zero attached hydrogens (tertiary/aromatic N) is 2. The number of Topliss-reactive ketones (excluding diaryl/α,β-unsaturated/α-hetero) is 3. The normalized spacial score (nSPS) is 15.0. The van der Waals surface area contributed by atoms with Crippen LogP contribution in [0.4, 0.5) is 0 Å². The maximum Gasteiger partial charge on any atom is 0.305 e. The monoisotopic (exact) mass is 420 g/mol. The van der Waals surface area contributed by atoms with E-state index in [0.717, 1.165) is 0 Å². The number of carboxylic acids is 2. The van der Waals surface area contributed by atoms with Gasteiger partial charge in [0.15, 0.2) is 17.3 Å². The van der Waals surface area contributed by atoms with E-state index >= 15 is 0 Å². The number of hydrogen-bond donors (Lipinski definition) is 6. The predicted molar refractivity (Wildman–Crippen MR) is 98.1 cm³/mol. The fourth-order valence-corrected chi connectivity index (χ4v) is 2.92. The second kappa shape index (κ2) is 9.67. The molecule has 0 aliphatic carbocycles. The third-order valence-electron chi connectivity index (χ3n) is 4.32. The van der Waals surface area contributed by atoms with Crippen molar-refractivity contribution in [3.8, 4) is 0 Å². The zero-order chi connectivity index (χ0) is 22.4. The number of rotatable bonds is 12. The fraction of sp³-hybridized carbons (Fsp3) is 0.353. The van der Waals surface area contributed by atoms with E-state index < -0.39 is 66.0 Å². The van der Waals surface area contributed by atoms with Gasteiger partial charge in [-0.15, -0.1) is 0 Å². The summed E-state index contributed by atoms with van der Waals surface area (Å²) in [5, 5.41) is 30.1. The summed E-state index contributed by atoms with van der Waals surface area (Å²) in [7, 11) is 0. The number of carboxylic acid groups (broad SMARTS) is 2. The number of nitrogens with one attached hydrogen (secondary N) is 2. The predicted octanol–water partition coefficient (Wildman–Crippen LogP) is -1.69. The number of aliphatic carboxylic acids is 2. The van der Waals surface area contributed by atoms with E-state index in [2.05, 4.69) is 20.4 Å². The molecule has 13 nitrogen and oxygen atoms in total. The molecule has 2 unspecified atom stereocenters. The van der Waals surface area contributed by atoms with Gasteiger partial charge in [-0.2, -0.15) is 10.2 Å². The summed E-state index contributed by atoms with van der Waals surface area (Å²) >= 11 is 0. The molecule has 2 aromatic rings. The van der Waals surface area contributed by atoms with Gasteiger partial charge in [0.25, 0.3) is 0 Å². The molecule has 0 aromatic carbocycles. The zero-order valence-electron chi connectivity index (χ0n) is 15.5. The van der Waals surface area contributed by atoms with Crippen LogP contribution in [-0.4, -0.2) is 72.0 Å². The summed E-state index contributed by atoms with van der Waals surface area (Å²) in [6.07, 6.45) is 1.04. The van der Waals surface area contributed by atoms with Crippen LogP contribution in [0.15, 0.2) is 24.5 Å². The van der Waals surface area contributed by atoms with E-state index in [1.165, 1.54) is 24.5 Å². The third-order valence-corrected chi connectivity index (χ3v) is 4.32. The molecular weight excluding hydrogens is 400 g/mol. The molecule has 0 aliphatic rings. The van der Waals surface area contributed by atoms with Gasteiger partial charge in [-0.25, -0.2) is 0 Å². The minimum atomic E-state index is -1.66. The zero-order valence-corrected chi connectivity index (χ0v) is 15.5. The Hall–Kier alpha value is -3.71. The van der Waals surface area contributed by atoms with Crippen LogP contribution in [0.1, 0.15) is 36.1 Å². The molecule has 0 aliphatic heterocycles. The molecule has 2 aromatic heterocycles. The van der Waals surface area contributed by atoms with E-state index in [1.807, 2.05) is 0 Å². The van der Waals surface area contributed by atoms with Crippen LogP contribution >= 0.6 is 0 Å². The Bertz CT molecular complexity index is 850. The third kappa shape index (κ3) is 5.21. The molecule has 0 bridgehead atoms. The molecule has 2 heterocycles. The highest BCUT2D eigenvalue weighted by atomic mass is 16.4. The molecule has 160 valence electrons. The maximum absolute atomic E-state index is 13.4. The second-order valence-electron chi connectivity index (χ2n) is 6.51. The van der Waals surface area contributed by atoms with Crippen LogP contribution < -0.4 is 11.5 Å². The Kier molecular flexibility index (Phi) is 7.27. The van der Waals surface area contributed by atoms with Crippen molar-refractivity contribution in [2.75, 3.05) is 0 Å². The van der Waals surface area contributed by atoms with Gasteiger partial charge in [-0.05, 0) is 12.1 Å². The number of carbonyl (C=O) groups excluding carboxylic acids is 3. The maximum atomic E-state index is 13.4. The minimum absolute atomic E-state index is 0.00467. The van der Waals surface area contributed by atoms with Crippen LogP contribution in [0.25, 0.3) is 0 Å². The SMILES string of the molecule is N[C@@H](CC(=O)O)C(=O)C(C(=O)C(C(=O)[C@@H](N)CC(=O)O)c1ccn[nH]1)c1ccn[nH]1. The molecule has 0 spiro atoms. The average Bonchev–Trinajstić information content (AvgIpc) is 3.35. The largest absolute Gasteiger partial charge is 0.481 e. The average molecular weight is 420 g/mol. The molecule has 0 saturated carbocycles. The van der Waals surface area contributed by atoms with E-state index in [-0.39, 0.29) is 11.4 Å². The van der Waals surface area contributed by atoms with Gasteiger partial charge in [0.05, 0.1) is 36.3 Å². The summed E-state index contributed by atoms with van der Waals surface area (Å²) < 4.78 is 0. The summed E-state index contributed by atoms with van der Waals surface area (Å²) in [5.74, 6) is -8.88. The van der Waals surface area contributed by atoms with E-state index in [9.17, 15) is 24.0 Å². The van der Waals surface area contributed by atoms with Crippen molar-refractivity contribution in [2.45, 2.75) is 36.8 Å². The van der Waals surface area contributed by atoms with E-state index in [0.29, 0.717) is 0 Å². The van der Waals surface area contributed by atoms with Crippen LogP contribution in [0.3, 0.4) is 0 Å². The molecule has 4 atom stereocenters. The van der Waals surface area contributed by atoms with Crippen LogP contribution in [0.5, 0.6) is 0 Å². The van der Waals surface area contributed by atoms with Crippen molar-refractivity contribution in [1.29, 1.82) is 0 Å². The number of carbonyl (C=O) groups is 5. The number of aromatic nitrogens is 4. The van der Waals surface area contributed by atoms with Crippen LogP contribution in [0, 0.1) is 0 Å². The lowest BCUT2D eigenvalue weighted by atomic mass is 9.79. The topological polar surface area (TPSA) is 235 Å². The van der Waals surface area contributed by atoms with Crippen molar-refractivity contribution in [2.24, 2.45) is 11.5 Å². The highest BCUT2D eigenvalue weighted by Crippen LogP contribution is 2.28. The molecule has 0 radical (unpaired) electrons. The van der Waals surface area contributed by atoms with Crippen molar-refractivity contribution < 1.29 is 34.2 Å². The summed E-state index contributed by atoms with van der Waals surface area (Å²) in [6.45, 7) is 0. The Labute approximate surface area is 168 Å². The van der Waals surface area contributed by atoms with E-state index in [1.54, 1.807) is 0 Å². The van der Waals surface area contributed by atoms with Gasteiger partial charge in [0.2, 0.25) is 0 Å². The lowest BCUT2D eigenvalue weighted by molar-refractivity contribution is -0.142. The molecular formula is C17H20N6O7. The van der Waals surface area contributed by atoms with Gasteiger partial charge < -0.3 is 21.7 Å². The number of H-pyrrole nitrogens is 2. The second-order valence-corrected chi connectivity index (χ2v) is 6.51. The van der Waals surface area contributed by atoms with Crippen molar-refractivity contribution in [3.63, 3.8) is 0 Å². The minimum Gasteiger partial charge on any atom is -0.481 e. The number of aromatic amines is 2.